The summed E-state index contributed by atoms with van der Waals surface area (Å²) in [5.41, 5.74) is 3.14. The molecule has 0 saturated heterocycles. The first-order valence-electron chi connectivity index (χ1n) is 7.74. The van der Waals surface area contributed by atoms with Crippen LogP contribution in [0.1, 0.15) is 43.0 Å². The largest absolute Gasteiger partial charge is 0.289 e. The summed E-state index contributed by atoms with van der Waals surface area (Å²) in [6, 6.07) is 19.8. The fourth-order valence-electron chi connectivity index (χ4n) is 2.92. The second-order valence-corrected chi connectivity index (χ2v) is 6.60. The van der Waals surface area contributed by atoms with E-state index in [4.69, 9.17) is 0 Å². The molecule has 2 nitrogen and oxygen atoms in total. The summed E-state index contributed by atoms with van der Waals surface area (Å²) in [6.45, 7) is 0. The topological polar surface area (TPSA) is 34.1 Å². The summed E-state index contributed by atoms with van der Waals surface area (Å²) in [4.78, 5) is 25.6. The Labute approximate surface area is 153 Å². The van der Waals surface area contributed by atoms with E-state index < -0.39 is 0 Å². The number of rotatable bonds is 0. The van der Waals surface area contributed by atoms with Gasteiger partial charge in [-0.05, 0) is 30.3 Å². The van der Waals surface area contributed by atoms with E-state index in [2.05, 4.69) is 27.8 Å². The molecule has 0 radical (unpaired) electrons. The lowest BCUT2D eigenvalue weighted by molar-refractivity contribution is 0.0979. The number of carbonyl (C=O) groups excluding carboxylic acids is 2. The number of benzene rings is 3. The molecule has 0 bridgehead atoms. The van der Waals surface area contributed by atoms with Crippen molar-refractivity contribution < 1.29 is 9.59 Å². The van der Waals surface area contributed by atoms with Crippen molar-refractivity contribution >= 4 is 27.5 Å². The van der Waals surface area contributed by atoms with Crippen LogP contribution in [-0.2, 0) is 0 Å². The maximum atomic E-state index is 12.9. The Morgan fingerprint density at radius 1 is 0.640 bits per heavy atom. The van der Waals surface area contributed by atoms with Gasteiger partial charge in [0.1, 0.15) is 0 Å². The third-order valence-corrected chi connectivity index (χ3v) is 4.67. The van der Waals surface area contributed by atoms with Gasteiger partial charge in [0.25, 0.3) is 0 Å². The summed E-state index contributed by atoms with van der Waals surface area (Å²) in [6.07, 6.45) is 0. The molecule has 3 aromatic carbocycles. The van der Waals surface area contributed by atoms with Gasteiger partial charge in [-0.2, -0.15) is 0 Å². The van der Waals surface area contributed by atoms with Crippen LogP contribution in [0, 0.1) is 11.8 Å². The highest BCUT2D eigenvalue weighted by atomic mass is 79.9. The second-order valence-electron chi connectivity index (χ2n) is 5.69. The number of fused-ring (bicyclic) bond motifs is 2. The molecule has 25 heavy (non-hydrogen) atoms. The van der Waals surface area contributed by atoms with Crippen LogP contribution >= 0.6 is 15.9 Å². The zero-order valence-electron chi connectivity index (χ0n) is 13.0. The predicted molar refractivity (Wildman–Crippen MR) is 99.9 cm³/mol. The molecule has 4 rings (SSSR count). The Bertz CT molecular complexity index is 1080. The Morgan fingerprint density at radius 3 is 2.00 bits per heavy atom. The SMILES string of the molecule is O=C1c2ccccc2C(=O)c2c(C#Cc3ccc(Br)cc3)cccc21. The smallest absolute Gasteiger partial charge is 0.195 e. The standard InChI is InChI=1S/C22H11BrO2/c23-16-12-9-14(10-13-16)8-11-15-4-3-7-19-20(15)22(25)18-6-2-1-5-17(18)21(19)24/h1-7,9-10,12-13H. The summed E-state index contributed by atoms with van der Waals surface area (Å²) < 4.78 is 0.979. The zero-order chi connectivity index (χ0) is 17.4. The minimum atomic E-state index is -0.147. The van der Waals surface area contributed by atoms with Crippen molar-refractivity contribution in [1.82, 2.24) is 0 Å². The number of hydrogen-bond donors (Lipinski definition) is 0. The van der Waals surface area contributed by atoms with Gasteiger partial charge in [0.2, 0.25) is 0 Å². The van der Waals surface area contributed by atoms with E-state index in [1.54, 1.807) is 42.5 Å². The fraction of sp³-hybridized carbons (Fsp3) is 0. The van der Waals surface area contributed by atoms with Crippen molar-refractivity contribution in [3.8, 4) is 11.8 Å². The van der Waals surface area contributed by atoms with Crippen LogP contribution in [0.15, 0.2) is 71.2 Å². The fourth-order valence-corrected chi connectivity index (χ4v) is 3.19. The molecule has 0 atom stereocenters. The van der Waals surface area contributed by atoms with Crippen LogP contribution in [0.3, 0.4) is 0 Å². The van der Waals surface area contributed by atoms with E-state index in [0.29, 0.717) is 27.8 Å². The van der Waals surface area contributed by atoms with Crippen molar-refractivity contribution in [2.75, 3.05) is 0 Å². The molecular weight excluding hydrogens is 376 g/mol. The first-order chi connectivity index (χ1) is 12.1. The average molecular weight is 387 g/mol. The van der Waals surface area contributed by atoms with Gasteiger partial charge in [0, 0.05) is 37.9 Å². The molecule has 0 unspecified atom stereocenters. The molecule has 0 saturated carbocycles. The Morgan fingerprint density at radius 2 is 1.28 bits per heavy atom. The Kier molecular flexibility index (Phi) is 3.83. The van der Waals surface area contributed by atoms with Gasteiger partial charge < -0.3 is 0 Å². The van der Waals surface area contributed by atoms with Crippen LogP contribution in [0.4, 0.5) is 0 Å². The van der Waals surface area contributed by atoms with Crippen molar-refractivity contribution in [1.29, 1.82) is 0 Å². The summed E-state index contributed by atoms with van der Waals surface area (Å²) in [5, 5.41) is 0. The van der Waals surface area contributed by atoms with Crippen molar-refractivity contribution in [2.45, 2.75) is 0 Å². The maximum Gasteiger partial charge on any atom is 0.195 e. The highest BCUT2D eigenvalue weighted by Crippen LogP contribution is 2.29. The van der Waals surface area contributed by atoms with E-state index in [0.717, 1.165) is 10.0 Å². The van der Waals surface area contributed by atoms with Gasteiger partial charge in [-0.25, -0.2) is 0 Å². The molecule has 118 valence electrons. The Balaban J connectivity index is 1.84. The van der Waals surface area contributed by atoms with Crippen molar-refractivity contribution in [2.24, 2.45) is 0 Å². The van der Waals surface area contributed by atoms with Gasteiger partial charge in [-0.15, -0.1) is 0 Å². The number of ketones is 2. The number of halogens is 1. The molecule has 0 amide bonds. The van der Waals surface area contributed by atoms with Gasteiger partial charge in [0.15, 0.2) is 11.6 Å². The van der Waals surface area contributed by atoms with Crippen LogP contribution in [0.25, 0.3) is 0 Å². The highest BCUT2D eigenvalue weighted by molar-refractivity contribution is 9.10. The summed E-state index contributed by atoms with van der Waals surface area (Å²) >= 11 is 3.39. The lowest BCUT2D eigenvalue weighted by Crippen LogP contribution is -2.21. The summed E-state index contributed by atoms with van der Waals surface area (Å²) in [5.74, 6) is 5.84. The molecule has 0 N–H and O–H groups in total. The van der Waals surface area contributed by atoms with Crippen LogP contribution in [0.5, 0.6) is 0 Å². The van der Waals surface area contributed by atoms with Gasteiger partial charge in [-0.3, -0.25) is 9.59 Å². The minimum absolute atomic E-state index is 0.127. The first-order valence-corrected chi connectivity index (χ1v) is 8.53. The molecule has 0 aliphatic heterocycles. The number of hydrogen-bond acceptors (Lipinski definition) is 2. The molecule has 1 aliphatic rings. The van der Waals surface area contributed by atoms with Gasteiger partial charge >= 0.3 is 0 Å². The second kappa shape index (κ2) is 6.16. The Hall–Kier alpha value is -2.96. The first kappa shape index (κ1) is 15.6. The normalized spacial score (nSPS) is 12.0. The zero-order valence-corrected chi connectivity index (χ0v) is 14.6. The van der Waals surface area contributed by atoms with Gasteiger partial charge in [-0.1, -0.05) is 64.2 Å². The highest BCUT2D eigenvalue weighted by Gasteiger charge is 2.30. The molecule has 0 aromatic heterocycles. The monoisotopic (exact) mass is 386 g/mol. The van der Waals surface area contributed by atoms with E-state index in [9.17, 15) is 9.59 Å². The molecular formula is C22H11BrO2. The molecule has 1 aliphatic carbocycles. The van der Waals surface area contributed by atoms with E-state index >= 15 is 0 Å². The van der Waals surface area contributed by atoms with Crippen LogP contribution < -0.4 is 0 Å². The molecule has 3 heteroatoms. The van der Waals surface area contributed by atoms with Crippen LogP contribution in [-0.4, -0.2) is 11.6 Å². The lowest BCUT2D eigenvalue weighted by atomic mass is 9.82. The van der Waals surface area contributed by atoms with Crippen LogP contribution in [0.2, 0.25) is 0 Å². The number of carbonyl (C=O) groups is 2. The van der Waals surface area contributed by atoms with E-state index in [1.165, 1.54) is 0 Å². The molecule has 3 aromatic rings. The van der Waals surface area contributed by atoms with Crippen molar-refractivity contribution in [3.05, 3.63) is 105 Å². The van der Waals surface area contributed by atoms with Gasteiger partial charge in [0.05, 0.1) is 0 Å². The third kappa shape index (κ3) is 2.71. The average Bonchev–Trinajstić information content (AvgIpc) is 2.65. The van der Waals surface area contributed by atoms with Crippen molar-refractivity contribution in [3.63, 3.8) is 0 Å². The maximum absolute atomic E-state index is 12.9. The molecule has 0 heterocycles. The molecule has 0 spiro atoms. The minimum Gasteiger partial charge on any atom is -0.289 e. The van der Waals surface area contributed by atoms with E-state index in [-0.39, 0.29) is 11.6 Å². The third-order valence-electron chi connectivity index (χ3n) is 4.14. The lowest BCUT2D eigenvalue weighted by Gasteiger charge is -2.18. The molecule has 0 fully saturated rings. The van der Waals surface area contributed by atoms with E-state index in [1.807, 2.05) is 24.3 Å². The summed E-state index contributed by atoms with van der Waals surface area (Å²) in [7, 11) is 0. The quantitative estimate of drug-likeness (QED) is 0.413. The predicted octanol–water partition coefficient (Wildman–Crippen LogP) is 4.62.